The lowest BCUT2D eigenvalue weighted by Crippen LogP contribution is -2.07. The Kier molecular flexibility index (Phi) is 6.19. The lowest BCUT2D eigenvalue weighted by Gasteiger charge is -2.13. The van der Waals surface area contributed by atoms with Gasteiger partial charge in [-0.15, -0.1) is 11.5 Å². The van der Waals surface area contributed by atoms with Crippen molar-refractivity contribution in [1.29, 1.82) is 0 Å². The zero-order valence-electron chi connectivity index (χ0n) is 17.9. The summed E-state index contributed by atoms with van der Waals surface area (Å²) in [6, 6.07) is 15.3. The fourth-order valence-electron chi connectivity index (χ4n) is 3.43. The predicted molar refractivity (Wildman–Crippen MR) is 122 cm³/mol. The van der Waals surface area contributed by atoms with Crippen molar-refractivity contribution in [1.82, 2.24) is 29.9 Å². The molecule has 0 radical (unpaired) electrons. The Morgan fingerprint density at radius 2 is 1.88 bits per heavy atom. The Morgan fingerprint density at radius 3 is 2.66 bits per heavy atom. The number of terminal acetylenes is 1. The minimum absolute atomic E-state index is 0.0309. The van der Waals surface area contributed by atoms with E-state index in [4.69, 9.17) is 21.9 Å². The Bertz CT molecular complexity index is 1270. The molecule has 4 aromatic rings. The Morgan fingerprint density at radius 1 is 1.06 bits per heavy atom. The molecule has 3 aromatic heterocycles. The van der Waals surface area contributed by atoms with E-state index in [9.17, 15) is 0 Å². The van der Waals surface area contributed by atoms with Crippen molar-refractivity contribution < 1.29 is 4.74 Å². The van der Waals surface area contributed by atoms with Gasteiger partial charge in [-0.1, -0.05) is 36.3 Å². The van der Waals surface area contributed by atoms with Gasteiger partial charge in [0.1, 0.15) is 5.69 Å². The molecule has 0 saturated heterocycles. The van der Waals surface area contributed by atoms with E-state index in [1.54, 1.807) is 11.8 Å². The number of ether oxygens (including phenoxy) is 1. The number of anilines is 1. The molecule has 0 bridgehead atoms. The molecule has 3 heterocycles. The van der Waals surface area contributed by atoms with E-state index in [0.717, 1.165) is 28.9 Å². The van der Waals surface area contributed by atoms with Crippen LogP contribution in [-0.2, 0) is 11.3 Å². The number of hydrogen-bond acceptors (Lipinski definition) is 7. The van der Waals surface area contributed by atoms with E-state index in [2.05, 4.69) is 33.1 Å². The van der Waals surface area contributed by atoms with Crippen LogP contribution in [0.15, 0.2) is 54.7 Å². The summed E-state index contributed by atoms with van der Waals surface area (Å²) in [5, 5.41) is 8.49. The highest BCUT2D eigenvalue weighted by atomic mass is 16.5. The zero-order chi connectivity index (χ0) is 22.5. The molecule has 160 valence electrons. The summed E-state index contributed by atoms with van der Waals surface area (Å²) < 4.78 is 7.21. The second kappa shape index (κ2) is 9.37. The zero-order valence-corrected chi connectivity index (χ0v) is 17.9. The number of nitrogens with two attached hydrogens (primary N) is 1. The first kappa shape index (κ1) is 21.2. The fraction of sp³-hybridized carbons (Fsp3) is 0.208. The maximum Gasteiger partial charge on any atom is 0.221 e. The summed E-state index contributed by atoms with van der Waals surface area (Å²) in [4.78, 5) is 13.4. The van der Waals surface area contributed by atoms with E-state index in [1.807, 2.05) is 54.7 Å². The van der Waals surface area contributed by atoms with Gasteiger partial charge in [0.25, 0.3) is 0 Å². The lowest BCUT2D eigenvalue weighted by molar-refractivity contribution is 0.0963. The maximum atomic E-state index is 5.97. The van der Waals surface area contributed by atoms with Crippen LogP contribution in [0.2, 0.25) is 0 Å². The second-order valence-electron chi connectivity index (χ2n) is 7.21. The number of hydrogen-bond donors (Lipinski definition) is 1. The van der Waals surface area contributed by atoms with Gasteiger partial charge in [-0.05, 0) is 36.8 Å². The molecule has 0 spiro atoms. The third kappa shape index (κ3) is 4.63. The average Bonchev–Trinajstić information content (AvgIpc) is 3.28. The third-order valence-electron chi connectivity index (χ3n) is 5.01. The van der Waals surface area contributed by atoms with Gasteiger partial charge in [0.05, 0.1) is 41.6 Å². The summed E-state index contributed by atoms with van der Waals surface area (Å²) >= 11 is 0. The summed E-state index contributed by atoms with van der Waals surface area (Å²) in [5.74, 6) is 2.78. The van der Waals surface area contributed by atoms with Gasteiger partial charge in [-0.25, -0.2) is 14.6 Å². The van der Waals surface area contributed by atoms with Crippen LogP contribution < -0.4 is 5.73 Å². The highest BCUT2D eigenvalue weighted by Crippen LogP contribution is 2.24. The molecule has 8 nitrogen and oxygen atoms in total. The fourth-order valence-corrected chi connectivity index (χ4v) is 3.43. The van der Waals surface area contributed by atoms with Crippen LogP contribution in [0.3, 0.4) is 0 Å². The minimum atomic E-state index is -0.0309. The molecule has 1 aromatic carbocycles. The quantitative estimate of drug-likeness (QED) is 0.452. The first-order valence-electron chi connectivity index (χ1n) is 10.2. The molecule has 0 aliphatic carbocycles. The first-order valence-corrected chi connectivity index (χ1v) is 10.2. The number of nitrogens with zero attached hydrogens (tertiary/aromatic N) is 6. The summed E-state index contributed by atoms with van der Waals surface area (Å²) in [7, 11) is 1.69. The number of benzene rings is 1. The van der Waals surface area contributed by atoms with E-state index in [0.29, 0.717) is 23.6 Å². The van der Waals surface area contributed by atoms with Crippen molar-refractivity contribution >= 4 is 5.95 Å². The Hall–Kier alpha value is -4.09. The number of aromatic nitrogens is 6. The molecule has 0 saturated carbocycles. The SMILES string of the molecule is C#Cc1cccc(-c2cc(-c3cn(Cc4cccc(C(CC)OC)n4)nn3)nc(N)n2)c1. The standard InChI is InChI=1S/C24H23N7O/c1-4-16-8-6-9-17(12-16)20-13-21(28-24(25)27-20)22-15-31(30-29-22)14-18-10-7-11-19(26-18)23(5-2)32-3/h1,6-13,15,23H,5,14H2,2-3H3,(H2,25,27,28). The molecule has 32 heavy (non-hydrogen) atoms. The highest BCUT2D eigenvalue weighted by molar-refractivity contribution is 5.68. The topological polar surface area (TPSA) is 105 Å². The van der Waals surface area contributed by atoms with Crippen molar-refractivity contribution in [2.45, 2.75) is 26.0 Å². The van der Waals surface area contributed by atoms with Crippen LogP contribution in [0.4, 0.5) is 5.95 Å². The van der Waals surface area contributed by atoms with Crippen LogP contribution in [0, 0.1) is 12.3 Å². The highest BCUT2D eigenvalue weighted by Gasteiger charge is 2.13. The second-order valence-corrected chi connectivity index (χ2v) is 7.21. The number of methoxy groups -OCH3 is 1. The van der Waals surface area contributed by atoms with Gasteiger partial charge >= 0.3 is 0 Å². The molecule has 0 amide bonds. The van der Waals surface area contributed by atoms with Crippen molar-refractivity contribution in [2.24, 2.45) is 0 Å². The first-order chi connectivity index (χ1) is 15.6. The molecule has 0 aliphatic heterocycles. The van der Waals surface area contributed by atoms with Crippen molar-refractivity contribution in [2.75, 3.05) is 12.8 Å². The van der Waals surface area contributed by atoms with Crippen molar-refractivity contribution in [3.05, 3.63) is 71.7 Å². The van der Waals surface area contributed by atoms with Gasteiger partial charge in [0.2, 0.25) is 5.95 Å². The van der Waals surface area contributed by atoms with Crippen LogP contribution in [0.1, 0.15) is 36.4 Å². The normalized spacial score (nSPS) is 11.8. The van der Waals surface area contributed by atoms with E-state index < -0.39 is 0 Å². The molecular formula is C24H23N7O. The predicted octanol–water partition coefficient (Wildman–Crippen LogP) is 3.51. The molecule has 4 rings (SSSR count). The van der Waals surface area contributed by atoms with E-state index in [-0.39, 0.29) is 12.1 Å². The average molecular weight is 425 g/mol. The maximum absolute atomic E-state index is 5.97. The summed E-state index contributed by atoms with van der Waals surface area (Å²) in [6.45, 7) is 2.54. The van der Waals surface area contributed by atoms with Gasteiger partial charge in [0.15, 0.2) is 0 Å². The third-order valence-corrected chi connectivity index (χ3v) is 5.01. The molecule has 8 heteroatoms. The molecule has 2 N–H and O–H groups in total. The molecular weight excluding hydrogens is 402 g/mol. The van der Waals surface area contributed by atoms with E-state index >= 15 is 0 Å². The van der Waals surface area contributed by atoms with Crippen LogP contribution in [-0.4, -0.2) is 37.1 Å². The molecule has 1 atom stereocenters. The number of rotatable bonds is 7. The number of nitrogen functional groups attached to an aromatic ring is 1. The Balaban J connectivity index is 1.60. The van der Waals surface area contributed by atoms with Gasteiger partial charge < -0.3 is 10.5 Å². The Labute approximate surface area is 186 Å². The monoisotopic (exact) mass is 425 g/mol. The van der Waals surface area contributed by atoms with Gasteiger partial charge in [-0.2, -0.15) is 0 Å². The van der Waals surface area contributed by atoms with Crippen molar-refractivity contribution in [3.8, 4) is 35.0 Å². The lowest BCUT2D eigenvalue weighted by atomic mass is 10.1. The smallest absolute Gasteiger partial charge is 0.221 e. The van der Waals surface area contributed by atoms with Crippen LogP contribution >= 0.6 is 0 Å². The summed E-state index contributed by atoms with van der Waals surface area (Å²) in [5.41, 5.74) is 11.2. The minimum Gasteiger partial charge on any atom is -0.375 e. The van der Waals surface area contributed by atoms with Crippen LogP contribution in [0.25, 0.3) is 22.6 Å². The van der Waals surface area contributed by atoms with Crippen LogP contribution in [0.5, 0.6) is 0 Å². The van der Waals surface area contributed by atoms with Crippen molar-refractivity contribution in [3.63, 3.8) is 0 Å². The largest absolute Gasteiger partial charge is 0.375 e. The molecule has 0 fully saturated rings. The molecule has 0 aliphatic rings. The number of pyridine rings is 1. The van der Waals surface area contributed by atoms with Gasteiger partial charge in [-0.3, -0.25) is 4.98 Å². The van der Waals surface area contributed by atoms with E-state index in [1.165, 1.54) is 0 Å². The molecule has 1 unspecified atom stereocenters. The van der Waals surface area contributed by atoms with Gasteiger partial charge in [0, 0.05) is 18.2 Å². The summed E-state index contributed by atoms with van der Waals surface area (Å²) in [6.07, 6.45) is 8.14.